The van der Waals surface area contributed by atoms with E-state index in [1.807, 2.05) is 28.6 Å². The van der Waals surface area contributed by atoms with Crippen LogP contribution in [-0.4, -0.2) is 63.4 Å². The number of rotatable bonds is 4. The molecule has 0 aliphatic carbocycles. The smallest absolute Gasteiger partial charge is 0.233 e. The Kier molecular flexibility index (Phi) is 5.99. The van der Waals surface area contributed by atoms with E-state index >= 15 is 4.39 Å². The van der Waals surface area contributed by atoms with E-state index in [1.54, 1.807) is 25.2 Å². The first-order valence-corrected chi connectivity index (χ1v) is 12.8. The lowest BCUT2D eigenvalue weighted by Crippen LogP contribution is -2.40. The highest BCUT2D eigenvalue weighted by Gasteiger charge is 2.30. The first kappa shape index (κ1) is 24.3. The summed E-state index contributed by atoms with van der Waals surface area (Å²) in [5.41, 5.74) is 3.43. The summed E-state index contributed by atoms with van der Waals surface area (Å²) in [4.78, 5) is 15.8. The van der Waals surface area contributed by atoms with Crippen molar-refractivity contribution in [3.05, 3.63) is 59.0 Å². The number of hydrogen-bond donors (Lipinski definition) is 1. The van der Waals surface area contributed by atoms with Gasteiger partial charge in [-0.3, -0.25) is 14.4 Å². The Morgan fingerprint density at radius 2 is 2.00 bits per heavy atom. The molecule has 0 radical (unpaired) electrons. The summed E-state index contributed by atoms with van der Waals surface area (Å²) < 4.78 is 33.5. The van der Waals surface area contributed by atoms with Crippen molar-refractivity contribution in [1.82, 2.24) is 29.6 Å². The van der Waals surface area contributed by atoms with Crippen molar-refractivity contribution in [3.63, 3.8) is 0 Å². The highest BCUT2D eigenvalue weighted by Crippen LogP contribution is 2.37. The zero-order valence-electron chi connectivity index (χ0n) is 21.3. The third-order valence-corrected chi connectivity index (χ3v) is 7.88. The highest BCUT2D eigenvalue weighted by molar-refractivity contribution is 5.84. The van der Waals surface area contributed by atoms with E-state index in [2.05, 4.69) is 15.3 Å². The average Bonchev–Trinajstić information content (AvgIpc) is 3.49. The standard InChI is InChI=1S/C27H28F2N8O/c1-16-13-35(24-4-3-18(11-30)37-27(24)22(29)12-32-37)14-25-20-9-21(28)19(10-23(20)33-36(16)25)17-5-7-34(8-6-17)15-26(38)31-2/h3-4,9-10,12,16-17H,5-8,13-15H2,1-2H3,(H,31,38)/t16-/m1/s1. The molecular formula is C27H28F2N8O. The summed E-state index contributed by atoms with van der Waals surface area (Å²) in [6.07, 6.45) is 2.68. The normalized spacial score (nSPS) is 18.6. The van der Waals surface area contributed by atoms with E-state index in [1.165, 1.54) is 4.52 Å². The van der Waals surface area contributed by atoms with Gasteiger partial charge in [-0.15, -0.1) is 0 Å². The van der Waals surface area contributed by atoms with Gasteiger partial charge >= 0.3 is 0 Å². The van der Waals surface area contributed by atoms with Gasteiger partial charge < -0.3 is 10.2 Å². The fourth-order valence-electron chi connectivity index (χ4n) is 5.93. The molecule has 1 fully saturated rings. The number of amides is 1. The molecule has 2 aliphatic rings. The van der Waals surface area contributed by atoms with Crippen LogP contribution >= 0.6 is 0 Å². The second-order valence-corrected chi connectivity index (χ2v) is 10.2. The van der Waals surface area contributed by atoms with Crippen molar-refractivity contribution >= 4 is 28.0 Å². The van der Waals surface area contributed by atoms with E-state index in [0.29, 0.717) is 30.9 Å². The number of piperidine rings is 1. The number of likely N-dealkylation sites (N-methyl/N-ethyl adjacent to an activating group) is 1. The first-order chi connectivity index (χ1) is 18.4. The molecule has 4 aromatic rings. The van der Waals surface area contributed by atoms with Crippen molar-refractivity contribution in [2.24, 2.45) is 0 Å². The van der Waals surface area contributed by atoms with Gasteiger partial charge in [-0.25, -0.2) is 13.3 Å². The Hall–Kier alpha value is -4.04. The molecule has 5 heterocycles. The number of halogens is 2. The topological polar surface area (TPSA) is 94.5 Å². The number of likely N-dealkylation sites (tertiary alicyclic amines) is 1. The molecule has 1 aromatic carbocycles. The van der Waals surface area contributed by atoms with E-state index in [4.69, 9.17) is 5.10 Å². The van der Waals surface area contributed by atoms with E-state index in [9.17, 15) is 14.4 Å². The van der Waals surface area contributed by atoms with Gasteiger partial charge in [0.05, 0.1) is 42.2 Å². The lowest BCUT2D eigenvalue weighted by molar-refractivity contribution is -0.122. The van der Waals surface area contributed by atoms with Gasteiger partial charge in [-0.05, 0) is 68.6 Å². The minimum absolute atomic E-state index is 0.0134. The monoisotopic (exact) mass is 518 g/mol. The van der Waals surface area contributed by atoms with Crippen LogP contribution in [0.15, 0.2) is 30.5 Å². The van der Waals surface area contributed by atoms with Gasteiger partial charge in [0, 0.05) is 19.0 Å². The Morgan fingerprint density at radius 3 is 2.74 bits per heavy atom. The van der Waals surface area contributed by atoms with Crippen molar-refractivity contribution in [1.29, 1.82) is 5.26 Å². The predicted molar refractivity (Wildman–Crippen MR) is 138 cm³/mol. The molecule has 1 saturated heterocycles. The van der Waals surface area contributed by atoms with Crippen LogP contribution in [0.3, 0.4) is 0 Å². The number of carbonyl (C=O) groups excluding carboxylic acids is 1. The maximum Gasteiger partial charge on any atom is 0.233 e. The van der Waals surface area contributed by atoms with Crippen molar-refractivity contribution in [2.45, 2.75) is 38.3 Å². The maximum atomic E-state index is 15.5. The predicted octanol–water partition coefficient (Wildman–Crippen LogP) is 3.34. The minimum atomic E-state index is -0.495. The number of fused-ring (bicyclic) bond motifs is 4. The summed E-state index contributed by atoms with van der Waals surface area (Å²) in [6, 6.07) is 8.86. The van der Waals surface area contributed by atoms with Gasteiger partial charge in [0.25, 0.3) is 0 Å². The number of hydrogen-bond acceptors (Lipinski definition) is 6. The summed E-state index contributed by atoms with van der Waals surface area (Å²) in [6.45, 7) is 4.88. The number of pyridine rings is 1. The lowest BCUT2D eigenvalue weighted by Gasteiger charge is -2.34. The second-order valence-electron chi connectivity index (χ2n) is 10.2. The average molecular weight is 519 g/mol. The van der Waals surface area contributed by atoms with Crippen molar-refractivity contribution in [2.75, 3.05) is 38.1 Å². The van der Waals surface area contributed by atoms with Crippen LogP contribution in [0.1, 0.15) is 48.7 Å². The number of aromatic nitrogens is 4. The Balaban J connectivity index is 1.31. The number of nitrogens with one attached hydrogen (secondary N) is 1. The van der Waals surface area contributed by atoms with Gasteiger partial charge in [0.1, 0.15) is 23.1 Å². The van der Waals surface area contributed by atoms with Crippen LogP contribution in [-0.2, 0) is 11.3 Å². The molecular weight excluding hydrogens is 490 g/mol. The largest absolute Gasteiger partial charge is 0.362 e. The zero-order chi connectivity index (χ0) is 26.6. The SMILES string of the molecule is CNC(=O)CN1CCC(c2cc3nn4c(c3cc2F)CN(c2ccc(C#N)n3ncc(F)c23)C[C@H]4C)CC1. The minimum Gasteiger partial charge on any atom is -0.362 e. The van der Waals surface area contributed by atoms with Crippen LogP contribution < -0.4 is 10.2 Å². The molecule has 11 heteroatoms. The lowest BCUT2D eigenvalue weighted by atomic mass is 9.88. The quantitative estimate of drug-likeness (QED) is 0.445. The molecule has 0 saturated carbocycles. The van der Waals surface area contributed by atoms with E-state index in [0.717, 1.165) is 48.7 Å². The molecule has 1 atom stereocenters. The molecule has 0 unspecified atom stereocenters. The molecule has 0 bridgehead atoms. The van der Waals surface area contributed by atoms with Crippen molar-refractivity contribution < 1.29 is 13.6 Å². The number of nitriles is 1. The van der Waals surface area contributed by atoms with Gasteiger partial charge in [0.15, 0.2) is 5.82 Å². The summed E-state index contributed by atoms with van der Waals surface area (Å²) in [7, 11) is 1.63. The summed E-state index contributed by atoms with van der Waals surface area (Å²) in [5.74, 6) is -0.679. The van der Waals surface area contributed by atoms with E-state index < -0.39 is 5.82 Å². The molecule has 2 aliphatic heterocycles. The zero-order valence-corrected chi connectivity index (χ0v) is 21.3. The van der Waals surface area contributed by atoms with Crippen LogP contribution in [0.2, 0.25) is 0 Å². The number of benzene rings is 1. The fourth-order valence-corrected chi connectivity index (χ4v) is 5.93. The highest BCUT2D eigenvalue weighted by atomic mass is 19.1. The van der Waals surface area contributed by atoms with Crippen LogP contribution in [0.5, 0.6) is 0 Å². The van der Waals surface area contributed by atoms with Gasteiger partial charge in [-0.2, -0.15) is 15.5 Å². The van der Waals surface area contributed by atoms with Crippen LogP contribution in [0, 0.1) is 23.0 Å². The number of nitrogens with zero attached hydrogens (tertiary/aromatic N) is 7. The Morgan fingerprint density at radius 1 is 1.21 bits per heavy atom. The van der Waals surface area contributed by atoms with E-state index in [-0.39, 0.29) is 34.9 Å². The molecule has 196 valence electrons. The Labute approximate surface area is 218 Å². The molecule has 38 heavy (non-hydrogen) atoms. The van der Waals surface area contributed by atoms with Gasteiger partial charge in [-0.1, -0.05) is 0 Å². The third kappa shape index (κ3) is 3.96. The molecule has 6 rings (SSSR count). The summed E-state index contributed by atoms with van der Waals surface area (Å²) in [5, 5.41) is 21.7. The molecule has 1 amide bonds. The first-order valence-electron chi connectivity index (χ1n) is 12.8. The van der Waals surface area contributed by atoms with Crippen LogP contribution in [0.25, 0.3) is 16.4 Å². The Bertz CT molecular complexity index is 1590. The maximum absolute atomic E-state index is 15.5. The number of carbonyl (C=O) groups is 1. The summed E-state index contributed by atoms with van der Waals surface area (Å²) >= 11 is 0. The molecule has 1 N–H and O–H groups in total. The third-order valence-electron chi connectivity index (χ3n) is 7.88. The number of anilines is 1. The van der Waals surface area contributed by atoms with Crippen LogP contribution in [0.4, 0.5) is 14.5 Å². The second kappa shape index (κ2) is 9.36. The molecule has 3 aromatic heterocycles. The molecule has 0 spiro atoms. The van der Waals surface area contributed by atoms with Crippen molar-refractivity contribution in [3.8, 4) is 6.07 Å². The molecule has 9 nitrogen and oxygen atoms in total. The fraction of sp³-hybridized carbons (Fsp3) is 0.407. The van der Waals surface area contributed by atoms with Gasteiger partial charge in [0.2, 0.25) is 5.91 Å².